The standard InChI is InChI=1S/C8H8BrNO3.Li/c1-5(6(2)9)8(10(11)12)7(3)13-4;/h2-3H,1,4H3;/q-2;+1/b8-5+;. The van der Waals surface area contributed by atoms with Gasteiger partial charge >= 0.3 is 18.9 Å². The van der Waals surface area contributed by atoms with E-state index >= 15 is 0 Å². The predicted octanol–water partition coefficient (Wildman–Crippen LogP) is -0.784. The Bertz CT molecular complexity index is 299. The van der Waals surface area contributed by atoms with E-state index in [4.69, 9.17) is 13.2 Å². The summed E-state index contributed by atoms with van der Waals surface area (Å²) in [5.74, 6) is -0.273. The summed E-state index contributed by atoms with van der Waals surface area (Å²) in [6.07, 6.45) is 0. The van der Waals surface area contributed by atoms with Crippen LogP contribution in [0.1, 0.15) is 6.92 Å². The second-order valence-electron chi connectivity index (χ2n) is 2.15. The minimum Gasteiger partial charge on any atom is -0.530 e. The van der Waals surface area contributed by atoms with Crippen molar-refractivity contribution in [1.82, 2.24) is 0 Å². The van der Waals surface area contributed by atoms with Gasteiger partial charge in [0.15, 0.2) is 0 Å². The fraction of sp³-hybridized carbons (Fsp3) is 0.250. The van der Waals surface area contributed by atoms with Gasteiger partial charge in [-0.15, -0.1) is 6.92 Å². The molecule has 0 aromatic heterocycles. The molecule has 0 N–H and O–H groups in total. The zero-order valence-corrected chi connectivity index (χ0v) is 9.79. The molecule has 0 spiro atoms. The van der Waals surface area contributed by atoms with Gasteiger partial charge in [-0.3, -0.25) is 16.7 Å². The first kappa shape index (κ1) is 15.9. The fourth-order valence-electron chi connectivity index (χ4n) is 0.621. The Labute approximate surface area is 103 Å². The summed E-state index contributed by atoms with van der Waals surface area (Å²) in [5, 5.41) is 10.5. The SMILES string of the molecule is [CH-]=C(Br)/C(C)=C(\C(=[CH-])OC)[N+](=O)[O-].[Li+]. The zero-order chi connectivity index (χ0) is 10.6. The van der Waals surface area contributed by atoms with E-state index in [0.29, 0.717) is 0 Å². The van der Waals surface area contributed by atoms with E-state index in [2.05, 4.69) is 20.7 Å². The molecule has 0 aromatic carbocycles. The van der Waals surface area contributed by atoms with Crippen molar-refractivity contribution in [3.05, 3.63) is 44.8 Å². The molecule has 0 amide bonds. The van der Waals surface area contributed by atoms with Gasteiger partial charge in [0.2, 0.25) is 0 Å². The van der Waals surface area contributed by atoms with Gasteiger partial charge in [0.25, 0.3) is 0 Å². The van der Waals surface area contributed by atoms with Crippen molar-refractivity contribution < 1.29 is 28.5 Å². The van der Waals surface area contributed by atoms with Gasteiger partial charge < -0.3 is 4.74 Å². The number of nitrogens with zero attached hydrogens (tertiary/aromatic N) is 1. The summed E-state index contributed by atoms with van der Waals surface area (Å²) >= 11 is 2.91. The number of methoxy groups -OCH3 is 1. The number of rotatable bonds is 4. The van der Waals surface area contributed by atoms with Crippen molar-refractivity contribution in [3.8, 4) is 0 Å². The molecule has 0 aromatic rings. The maximum Gasteiger partial charge on any atom is 1.00 e. The molecule has 0 fully saturated rings. The Balaban J connectivity index is 0. The third-order valence-corrected chi connectivity index (χ3v) is 1.94. The molecule has 0 unspecified atom stereocenters. The molecule has 0 radical (unpaired) electrons. The number of allylic oxidation sites excluding steroid dienone is 2. The van der Waals surface area contributed by atoms with Crippen LogP contribution in [0.3, 0.4) is 0 Å². The molecule has 14 heavy (non-hydrogen) atoms. The topological polar surface area (TPSA) is 52.4 Å². The molecular formula is C8H8BrLiNO3-. The number of hydrogen-bond donors (Lipinski definition) is 0. The van der Waals surface area contributed by atoms with Crippen molar-refractivity contribution in [1.29, 1.82) is 0 Å². The molecule has 72 valence electrons. The normalized spacial score (nSPS) is 10.8. The van der Waals surface area contributed by atoms with Gasteiger partial charge in [0, 0.05) is 5.76 Å². The Hall–Kier alpha value is -0.503. The number of ether oxygens (including phenoxy) is 1. The van der Waals surface area contributed by atoms with E-state index in [0.717, 1.165) is 0 Å². The van der Waals surface area contributed by atoms with Gasteiger partial charge in [-0.2, -0.15) is 10.1 Å². The van der Waals surface area contributed by atoms with Crippen LogP contribution in [0.25, 0.3) is 0 Å². The van der Waals surface area contributed by atoms with E-state index in [1.165, 1.54) is 14.0 Å². The number of hydrogen-bond acceptors (Lipinski definition) is 3. The Morgan fingerprint density at radius 3 is 2.14 bits per heavy atom. The quantitative estimate of drug-likeness (QED) is 0.165. The number of halogens is 1. The Kier molecular flexibility index (Phi) is 7.84. The van der Waals surface area contributed by atoms with Crippen LogP contribution >= 0.6 is 15.9 Å². The zero-order valence-electron chi connectivity index (χ0n) is 8.20. The summed E-state index contributed by atoms with van der Waals surface area (Å²) in [7, 11) is 1.25. The molecule has 4 nitrogen and oxygen atoms in total. The van der Waals surface area contributed by atoms with Crippen molar-refractivity contribution in [3.63, 3.8) is 0 Å². The summed E-state index contributed by atoms with van der Waals surface area (Å²) in [5.41, 5.74) is -0.110. The molecule has 0 heterocycles. The average Bonchev–Trinajstić information content (AvgIpc) is 2.03. The molecule has 0 aliphatic rings. The summed E-state index contributed by atoms with van der Waals surface area (Å²) in [6.45, 7) is 12.0. The van der Waals surface area contributed by atoms with Crippen LogP contribution in [-0.2, 0) is 4.74 Å². The summed E-state index contributed by atoms with van der Waals surface area (Å²) in [6, 6.07) is 0. The summed E-state index contributed by atoms with van der Waals surface area (Å²) < 4.78 is 4.70. The molecule has 0 bridgehead atoms. The predicted molar refractivity (Wildman–Crippen MR) is 51.3 cm³/mol. The Morgan fingerprint density at radius 2 is 1.93 bits per heavy atom. The minimum atomic E-state index is -0.651. The van der Waals surface area contributed by atoms with Crippen LogP contribution in [0.4, 0.5) is 0 Å². The summed E-state index contributed by atoms with van der Waals surface area (Å²) in [4.78, 5) is 9.87. The second-order valence-corrected chi connectivity index (χ2v) is 3.00. The van der Waals surface area contributed by atoms with E-state index in [1.54, 1.807) is 0 Å². The van der Waals surface area contributed by atoms with Crippen LogP contribution in [0, 0.1) is 23.3 Å². The molecule has 0 aliphatic carbocycles. The van der Waals surface area contributed by atoms with Gasteiger partial charge in [0.1, 0.15) is 0 Å². The van der Waals surface area contributed by atoms with Gasteiger partial charge in [-0.1, -0.05) is 15.9 Å². The molecule has 0 saturated heterocycles. The van der Waals surface area contributed by atoms with E-state index < -0.39 is 4.92 Å². The molecule has 0 aliphatic heterocycles. The Morgan fingerprint density at radius 1 is 1.50 bits per heavy atom. The van der Waals surface area contributed by atoms with E-state index in [9.17, 15) is 10.1 Å². The largest absolute Gasteiger partial charge is 1.00 e. The maximum absolute atomic E-state index is 10.5. The average molecular weight is 253 g/mol. The van der Waals surface area contributed by atoms with Crippen molar-refractivity contribution in [2.24, 2.45) is 0 Å². The van der Waals surface area contributed by atoms with Gasteiger partial charge in [-0.05, 0) is 4.92 Å². The molecular weight excluding hydrogens is 245 g/mol. The first-order valence-electron chi connectivity index (χ1n) is 3.22. The van der Waals surface area contributed by atoms with Crippen molar-refractivity contribution >= 4 is 15.9 Å². The molecule has 0 saturated carbocycles. The third kappa shape index (κ3) is 4.14. The smallest absolute Gasteiger partial charge is 0.530 e. The monoisotopic (exact) mass is 252 g/mol. The van der Waals surface area contributed by atoms with Crippen LogP contribution in [-0.4, -0.2) is 12.0 Å². The van der Waals surface area contributed by atoms with E-state index in [-0.39, 0.29) is 40.4 Å². The van der Waals surface area contributed by atoms with Crippen molar-refractivity contribution in [2.75, 3.05) is 7.11 Å². The van der Waals surface area contributed by atoms with Gasteiger partial charge in [0.05, 0.1) is 12.8 Å². The van der Waals surface area contributed by atoms with Gasteiger partial charge in [-0.25, -0.2) is 6.58 Å². The first-order chi connectivity index (χ1) is 5.91. The minimum absolute atomic E-state index is 0. The maximum atomic E-state index is 10.5. The molecule has 0 atom stereocenters. The molecule has 6 heteroatoms. The first-order valence-corrected chi connectivity index (χ1v) is 4.01. The molecule has 0 rings (SSSR count). The fourth-order valence-corrected chi connectivity index (χ4v) is 0.809. The third-order valence-electron chi connectivity index (χ3n) is 1.35. The van der Waals surface area contributed by atoms with Crippen LogP contribution in [0.15, 0.2) is 21.5 Å². The van der Waals surface area contributed by atoms with Crippen LogP contribution < -0.4 is 18.9 Å². The van der Waals surface area contributed by atoms with E-state index in [1.807, 2.05) is 0 Å². The van der Waals surface area contributed by atoms with Crippen LogP contribution in [0.5, 0.6) is 0 Å². The van der Waals surface area contributed by atoms with Crippen LogP contribution in [0.2, 0.25) is 0 Å². The number of nitro groups is 1. The second kappa shape index (κ2) is 6.88. The van der Waals surface area contributed by atoms with Crippen molar-refractivity contribution in [2.45, 2.75) is 6.92 Å².